The predicted octanol–water partition coefficient (Wildman–Crippen LogP) is 3.79. The molecule has 2 aromatic rings. The Bertz CT molecular complexity index is 825. The van der Waals surface area contributed by atoms with Crippen molar-refractivity contribution in [2.75, 3.05) is 19.4 Å². The Morgan fingerprint density at radius 1 is 1.17 bits per heavy atom. The van der Waals surface area contributed by atoms with Gasteiger partial charge in [0.05, 0.1) is 12.9 Å². The highest BCUT2D eigenvalue weighted by molar-refractivity contribution is 7.99. The van der Waals surface area contributed by atoms with Crippen molar-refractivity contribution in [1.29, 1.82) is 0 Å². The quantitative estimate of drug-likeness (QED) is 0.643. The lowest BCUT2D eigenvalue weighted by Crippen LogP contribution is -2.48. The van der Waals surface area contributed by atoms with E-state index in [1.54, 1.807) is 30.7 Å². The highest BCUT2D eigenvalue weighted by Gasteiger charge is 2.25. The van der Waals surface area contributed by atoms with Crippen molar-refractivity contribution < 1.29 is 14.3 Å². The lowest BCUT2D eigenvalue weighted by atomic mass is 10.1. The number of rotatable bonds is 10. The van der Waals surface area contributed by atoms with E-state index in [0.717, 1.165) is 17.1 Å². The Kier molecular flexibility index (Phi) is 9.06. The first-order valence-electron chi connectivity index (χ1n) is 9.78. The molecule has 156 valence electrons. The Hall–Kier alpha value is -2.47. The summed E-state index contributed by atoms with van der Waals surface area (Å²) in [6, 6.07) is 15.2. The number of methoxy groups -OCH3 is 1. The summed E-state index contributed by atoms with van der Waals surface area (Å²) in [5.41, 5.74) is 3.37. The summed E-state index contributed by atoms with van der Waals surface area (Å²) in [5.74, 6) is 1.62. The molecule has 1 atom stereocenters. The second kappa shape index (κ2) is 11.5. The largest absolute Gasteiger partial charge is 0.497 e. The number of likely N-dealkylation sites (N-methyl/N-ethyl adjacent to an activating group) is 1. The molecule has 0 heterocycles. The Morgan fingerprint density at radius 3 is 2.62 bits per heavy atom. The maximum Gasteiger partial charge on any atom is 0.242 e. The molecule has 0 aliphatic heterocycles. The molecule has 0 fully saturated rings. The minimum Gasteiger partial charge on any atom is -0.497 e. The molecule has 6 heteroatoms. The van der Waals surface area contributed by atoms with E-state index in [0.29, 0.717) is 18.8 Å². The maximum absolute atomic E-state index is 13.0. The summed E-state index contributed by atoms with van der Waals surface area (Å²) in [6.07, 6.45) is 0. The molecule has 2 rings (SSSR count). The van der Waals surface area contributed by atoms with Crippen LogP contribution in [0.4, 0.5) is 0 Å². The van der Waals surface area contributed by atoms with Crippen LogP contribution in [0.5, 0.6) is 5.75 Å². The van der Waals surface area contributed by atoms with Gasteiger partial charge in [0, 0.05) is 18.8 Å². The van der Waals surface area contributed by atoms with E-state index in [-0.39, 0.29) is 11.8 Å². The Morgan fingerprint density at radius 2 is 1.93 bits per heavy atom. The number of amides is 2. The van der Waals surface area contributed by atoms with Gasteiger partial charge in [0.15, 0.2) is 0 Å². The number of ether oxygens (including phenoxy) is 1. The summed E-state index contributed by atoms with van der Waals surface area (Å²) in [4.78, 5) is 27.1. The zero-order chi connectivity index (χ0) is 21.2. The summed E-state index contributed by atoms with van der Waals surface area (Å²) in [7, 11) is 1.61. The number of hydrogen-bond acceptors (Lipinski definition) is 4. The fourth-order valence-corrected chi connectivity index (χ4v) is 3.96. The fourth-order valence-electron chi connectivity index (χ4n) is 2.98. The molecule has 5 nitrogen and oxygen atoms in total. The number of thioether (sulfide) groups is 1. The second-order valence-corrected chi connectivity index (χ2v) is 7.85. The van der Waals surface area contributed by atoms with E-state index in [4.69, 9.17) is 4.74 Å². The number of nitrogens with one attached hydrogen (secondary N) is 1. The van der Waals surface area contributed by atoms with E-state index in [1.165, 1.54) is 11.1 Å². The molecule has 0 saturated carbocycles. The predicted molar refractivity (Wildman–Crippen MR) is 119 cm³/mol. The summed E-state index contributed by atoms with van der Waals surface area (Å²) >= 11 is 1.57. The Labute approximate surface area is 177 Å². The van der Waals surface area contributed by atoms with Gasteiger partial charge in [-0.25, -0.2) is 0 Å². The van der Waals surface area contributed by atoms with Gasteiger partial charge < -0.3 is 15.0 Å². The third kappa shape index (κ3) is 6.82. The van der Waals surface area contributed by atoms with E-state index in [1.807, 2.05) is 43.3 Å². The molecule has 2 aromatic carbocycles. The van der Waals surface area contributed by atoms with Crippen LogP contribution in [-0.2, 0) is 21.9 Å². The highest BCUT2D eigenvalue weighted by Crippen LogP contribution is 2.19. The molecular formula is C23H30N2O3S. The fraction of sp³-hybridized carbons (Fsp3) is 0.391. The van der Waals surface area contributed by atoms with E-state index in [9.17, 15) is 9.59 Å². The molecule has 0 saturated heterocycles. The van der Waals surface area contributed by atoms with Crippen LogP contribution in [0, 0.1) is 6.92 Å². The summed E-state index contributed by atoms with van der Waals surface area (Å²) in [5, 5.41) is 2.81. The van der Waals surface area contributed by atoms with Crippen LogP contribution in [0.25, 0.3) is 0 Å². The van der Waals surface area contributed by atoms with Crippen molar-refractivity contribution in [2.45, 2.75) is 39.1 Å². The van der Waals surface area contributed by atoms with E-state index >= 15 is 0 Å². The molecule has 0 aromatic heterocycles. The van der Waals surface area contributed by atoms with Gasteiger partial charge in [0.1, 0.15) is 11.8 Å². The lowest BCUT2D eigenvalue weighted by Gasteiger charge is -2.28. The average molecular weight is 415 g/mol. The molecule has 0 aliphatic rings. The van der Waals surface area contributed by atoms with Crippen LogP contribution >= 0.6 is 11.8 Å². The first-order valence-corrected chi connectivity index (χ1v) is 10.9. The maximum atomic E-state index is 13.0. The summed E-state index contributed by atoms with van der Waals surface area (Å²) in [6.45, 7) is 6.61. The zero-order valence-corrected chi connectivity index (χ0v) is 18.4. The van der Waals surface area contributed by atoms with Crippen LogP contribution in [0.15, 0.2) is 48.5 Å². The van der Waals surface area contributed by atoms with Gasteiger partial charge in [-0.05, 0) is 49.6 Å². The third-order valence-corrected chi connectivity index (χ3v) is 5.72. The first kappa shape index (κ1) is 22.8. The zero-order valence-electron chi connectivity index (χ0n) is 17.6. The van der Waals surface area contributed by atoms with Gasteiger partial charge in [0.2, 0.25) is 11.8 Å². The molecule has 0 radical (unpaired) electrons. The molecule has 0 unspecified atom stereocenters. The van der Waals surface area contributed by atoms with Crippen LogP contribution < -0.4 is 10.1 Å². The van der Waals surface area contributed by atoms with Crippen LogP contribution in [0.2, 0.25) is 0 Å². The number of carbonyl (C=O) groups excluding carboxylic acids is 2. The number of hydrogen-bond donors (Lipinski definition) is 1. The smallest absolute Gasteiger partial charge is 0.242 e. The highest BCUT2D eigenvalue weighted by atomic mass is 32.2. The Balaban J connectivity index is 2.09. The van der Waals surface area contributed by atoms with Crippen molar-refractivity contribution >= 4 is 23.6 Å². The van der Waals surface area contributed by atoms with Crippen LogP contribution in [0.1, 0.15) is 30.5 Å². The molecule has 0 bridgehead atoms. The second-order valence-electron chi connectivity index (χ2n) is 6.86. The molecule has 0 aliphatic carbocycles. The molecular weight excluding hydrogens is 384 g/mol. The monoisotopic (exact) mass is 414 g/mol. The molecule has 0 spiro atoms. The van der Waals surface area contributed by atoms with Gasteiger partial charge in [-0.15, -0.1) is 11.8 Å². The molecule has 2 amide bonds. The van der Waals surface area contributed by atoms with Gasteiger partial charge in [-0.1, -0.05) is 36.4 Å². The SMILES string of the molecule is CCNC(=O)[C@@H](C)N(Cc1cccc(OC)c1)C(=O)CSCc1ccccc1C. The van der Waals surface area contributed by atoms with Crippen molar-refractivity contribution in [2.24, 2.45) is 0 Å². The van der Waals surface area contributed by atoms with Gasteiger partial charge in [-0.2, -0.15) is 0 Å². The first-order chi connectivity index (χ1) is 14.0. The minimum atomic E-state index is -0.548. The number of carbonyl (C=O) groups is 2. The van der Waals surface area contributed by atoms with Crippen molar-refractivity contribution in [3.63, 3.8) is 0 Å². The van der Waals surface area contributed by atoms with Gasteiger partial charge >= 0.3 is 0 Å². The van der Waals surface area contributed by atoms with Crippen LogP contribution in [0.3, 0.4) is 0 Å². The van der Waals surface area contributed by atoms with E-state index < -0.39 is 6.04 Å². The minimum absolute atomic E-state index is 0.0508. The third-order valence-electron chi connectivity index (χ3n) is 4.75. The average Bonchev–Trinajstić information content (AvgIpc) is 2.73. The van der Waals surface area contributed by atoms with Crippen molar-refractivity contribution in [1.82, 2.24) is 10.2 Å². The number of benzene rings is 2. The number of nitrogens with zero attached hydrogens (tertiary/aromatic N) is 1. The standard InChI is InChI=1S/C23H30N2O3S/c1-5-24-23(27)18(3)25(14-19-10-8-12-21(13-19)28-4)22(26)16-29-15-20-11-7-6-9-17(20)2/h6-13,18H,5,14-16H2,1-4H3,(H,24,27)/t18-/m1/s1. The van der Waals surface area contributed by atoms with Crippen molar-refractivity contribution in [3.8, 4) is 5.75 Å². The van der Waals surface area contributed by atoms with Gasteiger partial charge in [0.25, 0.3) is 0 Å². The molecule has 1 N–H and O–H groups in total. The molecule has 29 heavy (non-hydrogen) atoms. The van der Waals surface area contributed by atoms with E-state index in [2.05, 4.69) is 24.4 Å². The van der Waals surface area contributed by atoms with Crippen LogP contribution in [-0.4, -0.2) is 42.2 Å². The normalized spacial score (nSPS) is 11.6. The topological polar surface area (TPSA) is 58.6 Å². The van der Waals surface area contributed by atoms with Crippen molar-refractivity contribution in [3.05, 3.63) is 65.2 Å². The lowest BCUT2D eigenvalue weighted by molar-refractivity contribution is -0.138. The number of aryl methyl sites for hydroxylation is 1. The van der Waals surface area contributed by atoms with Gasteiger partial charge in [-0.3, -0.25) is 9.59 Å². The summed E-state index contributed by atoms with van der Waals surface area (Å²) < 4.78 is 5.28.